The van der Waals surface area contributed by atoms with Crippen LogP contribution >= 0.6 is 11.3 Å². The van der Waals surface area contributed by atoms with Crippen LogP contribution in [0.5, 0.6) is 0 Å². The van der Waals surface area contributed by atoms with E-state index in [1.165, 1.54) is 30.3 Å². The third-order valence-electron chi connectivity index (χ3n) is 4.36. The van der Waals surface area contributed by atoms with Gasteiger partial charge in [-0.25, -0.2) is 8.42 Å². The quantitative estimate of drug-likeness (QED) is 0.267. The second-order valence-electron chi connectivity index (χ2n) is 6.80. The first-order valence-corrected chi connectivity index (χ1v) is 11.9. The highest BCUT2D eigenvalue weighted by Crippen LogP contribution is 2.27. The maximum Gasteiger partial charge on any atom is 0.322 e. The number of nitrogens with one attached hydrogen (secondary N) is 2. The van der Waals surface area contributed by atoms with Crippen LogP contribution in [0.2, 0.25) is 0 Å². The number of nitro benzene ring substituents is 1. The van der Waals surface area contributed by atoms with Crippen molar-refractivity contribution in [1.82, 2.24) is 4.72 Å². The number of hydrogen-bond donors (Lipinski definition) is 2. The molecule has 0 aliphatic carbocycles. The molecular formula is C21H19N3O7S2. The Hall–Kier alpha value is -3.61. The van der Waals surface area contributed by atoms with Gasteiger partial charge in [-0.2, -0.15) is 4.72 Å². The van der Waals surface area contributed by atoms with E-state index in [1.807, 2.05) is 0 Å². The Morgan fingerprint density at radius 1 is 1.12 bits per heavy atom. The van der Waals surface area contributed by atoms with Crippen LogP contribution in [-0.2, 0) is 24.3 Å². The van der Waals surface area contributed by atoms with Crippen LogP contribution in [0.3, 0.4) is 0 Å². The molecule has 1 unspecified atom stereocenters. The van der Waals surface area contributed by atoms with Gasteiger partial charge in [0, 0.05) is 11.6 Å². The maximum absolute atomic E-state index is 12.9. The number of benzene rings is 2. The molecule has 0 saturated carbocycles. The van der Waals surface area contributed by atoms with Crippen molar-refractivity contribution in [3.05, 3.63) is 87.3 Å². The first-order chi connectivity index (χ1) is 15.7. The first kappa shape index (κ1) is 24.0. The van der Waals surface area contributed by atoms with Crippen molar-refractivity contribution in [3.63, 3.8) is 0 Å². The van der Waals surface area contributed by atoms with E-state index in [9.17, 15) is 28.1 Å². The average molecular weight is 490 g/mol. The second-order valence-corrected chi connectivity index (χ2v) is 9.75. The van der Waals surface area contributed by atoms with E-state index in [0.29, 0.717) is 11.1 Å². The SMILES string of the molecule is Cc1ccc(NC(=O)C(OC(=O)CNS(=O)(=O)c2cccs2)c2ccccc2)c([N+](=O)[O-])c1. The van der Waals surface area contributed by atoms with Crippen LogP contribution < -0.4 is 10.0 Å². The molecule has 1 heterocycles. The summed E-state index contributed by atoms with van der Waals surface area (Å²) in [4.78, 5) is 36.1. The summed E-state index contributed by atoms with van der Waals surface area (Å²) in [5.41, 5.74) is 0.555. The second kappa shape index (κ2) is 10.3. The summed E-state index contributed by atoms with van der Waals surface area (Å²) in [5, 5.41) is 15.4. The average Bonchev–Trinajstić information content (AvgIpc) is 3.34. The Morgan fingerprint density at radius 3 is 2.48 bits per heavy atom. The van der Waals surface area contributed by atoms with E-state index < -0.39 is 39.5 Å². The van der Waals surface area contributed by atoms with Crippen LogP contribution in [0.4, 0.5) is 11.4 Å². The zero-order valence-corrected chi connectivity index (χ0v) is 18.9. The van der Waals surface area contributed by atoms with Gasteiger partial charge in [0.15, 0.2) is 0 Å². The van der Waals surface area contributed by atoms with Gasteiger partial charge in [0.25, 0.3) is 21.6 Å². The highest BCUT2D eigenvalue weighted by Gasteiger charge is 2.28. The van der Waals surface area contributed by atoms with Crippen LogP contribution in [0.1, 0.15) is 17.2 Å². The van der Waals surface area contributed by atoms with Crippen molar-refractivity contribution >= 4 is 44.6 Å². The fraction of sp³-hybridized carbons (Fsp3) is 0.143. The van der Waals surface area contributed by atoms with Crippen LogP contribution in [0.15, 0.2) is 70.3 Å². The van der Waals surface area contributed by atoms with Crippen molar-refractivity contribution in [1.29, 1.82) is 0 Å². The lowest BCUT2D eigenvalue weighted by atomic mass is 10.1. The first-order valence-electron chi connectivity index (χ1n) is 9.51. The van der Waals surface area contributed by atoms with Crippen molar-refractivity contribution < 1.29 is 27.7 Å². The number of amides is 1. The zero-order valence-electron chi connectivity index (χ0n) is 17.3. The number of thiophene rings is 1. The number of carbonyl (C=O) groups is 2. The van der Waals surface area contributed by atoms with Crippen LogP contribution in [0, 0.1) is 17.0 Å². The predicted octanol–water partition coefficient (Wildman–Crippen LogP) is 3.17. The Kier molecular flexibility index (Phi) is 7.53. The molecule has 33 heavy (non-hydrogen) atoms. The number of nitrogens with zero attached hydrogens (tertiary/aromatic N) is 1. The lowest BCUT2D eigenvalue weighted by Gasteiger charge is -2.18. The number of rotatable bonds is 9. The van der Waals surface area contributed by atoms with Gasteiger partial charge in [-0.15, -0.1) is 11.3 Å². The fourth-order valence-electron chi connectivity index (χ4n) is 2.81. The molecule has 0 fully saturated rings. The standard InChI is InChI=1S/C21H19N3O7S2/c1-14-9-10-16(17(12-14)24(27)28)23-21(26)20(15-6-3-2-4-7-15)31-18(25)13-22-33(29,30)19-8-5-11-32-19/h2-12,20,22H,13H2,1H3,(H,23,26). The highest BCUT2D eigenvalue weighted by atomic mass is 32.2. The van der Waals surface area contributed by atoms with Gasteiger partial charge in [-0.05, 0) is 30.0 Å². The number of carbonyl (C=O) groups excluding carboxylic acids is 2. The molecule has 1 atom stereocenters. The summed E-state index contributed by atoms with van der Waals surface area (Å²) in [5.74, 6) is -1.83. The number of esters is 1. The highest BCUT2D eigenvalue weighted by molar-refractivity contribution is 7.91. The molecule has 3 aromatic rings. The lowest BCUT2D eigenvalue weighted by Crippen LogP contribution is -2.33. The Morgan fingerprint density at radius 2 is 1.85 bits per heavy atom. The molecule has 172 valence electrons. The summed E-state index contributed by atoms with van der Waals surface area (Å²) in [6, 6.07) is 15.2. The Balaban J connectivity index is 1.78. The van der Waals surface area contributed by atoms with Crippen molar-refractivity contribution in [3.8, 4) is 0 Å². The minimum atomic E-state index is -3.91. The summed E-state index contributed by atoms with van der Waals surface area (Å²) >= 11 is 0.981. The topological polar surface area (TPSA) is 145 Å². The molecule has 1 amide bonds. The molecule has 0 bridgehead atoms. The van der Waals surface area contributed by atoms with Gasteiger partial charge in [-0.3, -0.25) is 19.7 Å². The number of ether oxygens (including phenoxy) is 1. The Bertz CT molecular complexity index is 1260. The predicted molar refractivity (Wildman–Crippen MR) is 121 cm³/mol. The molecule has 0 saturated heterocycles. The van der Waals surface area contributed by atoms with Gasteiger partial charge >= 0.3 is 5.97 Å². The van der Waals surface area contributed by atoms with E-state index in [0.717, 1.165) is 11.3 Å². The maximum atomic E-state index is 12.9. The monoisotopic (exact) mass is 489 g/mol. The Labute approximate surface area is 193 Å². The largest absolute Gasteiger partial charge is 0.446 e. The van der Waals surface area contributed by atoms with Crippen molar-refractivity contribution in [2.75, 3.05) is 11.9 Å². The summed E-state index contributed by atoms with van der Waals surface area (Å²) in [6.07, 6.45) is -1.47. The number of hydrogen-bond acceptors (Lipinski definition) is 8. The minimum absolute atomic E-state index is 0.0272. The van der Waals surface area contributed by atoms with E-state index in [2.05, 4.69) is 10.0 Å². The van der Waals surface area contributed by atoms with E-state index in [1.54, 1.807) is 42.6 Å². The lowest BCUT2D eigenvalue weighted by molar-refractivity contribution is -0.384. The molecule has 3 rings (SSSR count). The van der Waals surface area contributed by atoms with Crippen LogP contribution in [0.25, 0.3) is 0 Å². The third kappa shape index (κ3) is 6.22. The molecular weight excluding hydrogens is 470 g/mol. The van der Waals surface area contributed by atoms with Crippen LogP contribution in [-0.4, -0.2) is 31.8 Å². The number of sulfonamides is 1. The summed E-state index contributed by atoms with van der Waals surface area (Å²) < 4.78 is 31.8. The molecule has 0 spiro atoms. The van der Waals surface area contributed by atoms with Gasteiger partial charge in [0.05, 0.1) is 4.92 Å². The zero-order chi connectivity index (χ0) is 24.0. The number of anilines is 1. The van der Waals surface area contributed by atoms with Gasteiger partial charge < -0.3 is 10.1 Å². The minimum Gasteiger partial charge on any atom is -0.446 e. The van der Waals surface area contributed by atoms with E-state index >= 15 is 0 Å². The summed E-state index contributed by atoms with van der Waals surface area (Å²) in [7, 11) is -3.91. The molecule has 0 aliphatic rings. The molecule has 2 aromatic carbocycles. The van der Waals surface area contributed by atoms with Gasteiger partial charge in [0.1, 0.15) is 16.4 Å². The van der Waals surface area contributed by atoms with E-state index in [-0.39, 0.29) is 15.6 Å². The van der Waals surface area contributed by atoms with Crippen molar-refractivity contribution in [2.45, 2.75) is 17.2 Å². The molecule has 0 aliphatic heterocycles. The fourth-order valence-corrected chi connectivity index (χ4v) is 4.82. The molecule has 2 N–H and O–H groups in total. The molecule has 1 aromatic heterocycles. The smallest absolute Gasteiger partial charge is 0.322 e. The van der Waals surface area contributed by atoms with E-state index in [4.69, 9.17) is 4.74 Å². The molecule has 10 nitrogen and oxygen atoms in total. The van der Waals surface area contributed by atoms with Gasteiger partial charge in [0.2, 0.25) is 6.10 Å². The molecule has 12 heteroatoms. The van der Waals surface area contributed by atoms with Gasteiger partial charge in [-0.1, -0.05) is 42.5 Å². The molecule has 0 radical (unpaired) electrons. The number of aryl methyl sites for hydroxylation is 1. The van der Waals surface area contributed by atoms with Crippen molar-refractivity contribution in [2.24, 2.45) is 0 Å². The third-order valence-corrected chi connectivity index (χ3v) is 7.16. The summed E-state index contributed by atoms with van der Waals surface area (Å²) in [6.45, 7) is 0.964. The number of nitro groups is 1. The normalized spacial score (nSPS) is 12.0.